The van der Waals surface area contributed by atoms with E-state index in [9.17, 15) is 5.11 Å². The number of hydrogen-bond donors (Lipinski definition) is 1. The lowest BCUT2D eigenvalue weighted by Gasteiger charge is -2.18. The third kappa shape index (κ3) is 4.49. The molecule has 1 heteroatoms. The van der Waals surface area contributed by atoms with Gasteiger partial charge in [-0.1, -0.05) is 135 Å². The summed E-state index contributed by atoms with van der Waals surface area (Å²) in [6.45, 7) is 2.27. The summed E-state index contributed by atoms with van der Waals surface area (Å²) >= 11 is 0. The molecule has 198 valence electrons. The van der Waals surface area contributed by atoms with Crippen molar-refractivity contribution in [3.63, 3.8) is 0 Å². The van der Waals surface area contributed by atoms with Crippen molar-refractivity contribution < 1.29 is 5.11 Å². The molecule has 0 aliphatic rings. The van der Waals surface area contributed by atoms with Crippen LogP contribution in [0, 0.1) is 0 Å². The van der Waals surface area contributed by atoms with Gasteiger partial charge in [0.25, 0.3) is 0 Å². The molecule has 7 aromatic rings. The highest BCUT2D eigenvalue weighted by Crippen LogP contribution is 2.44. The first-order valence-corrected chi connectivity index (χ1v) is 14.5. The van der Waals surface area contributed by atoms with Gasteiger partial charge in [0.05, 0.1) is 6.61 Å². The minimum Gasteiger partial charge on any atom is -0.392 e. The molecule has 0 amide bonds. The third-order valence-corrected chi connectivity index (χ3v) is 8.35. The van der Waals surface area contributed by atoms with E-state index in [-0.39, 0.29) is 6.61 Å². The fraction of sp³-hybridized carbons (Fsp3) is 0.100. The molecule has 0 radical (unpaired) electrons. The zero-order valence-electron chi connectivity index (χ0n) is 23.3. The maximum atomic E-state index is 9.86. The Kier molecular flexibility index (Phi) is 6.59. The highest BCUT2D eigenvalue weighted by Gasteiger charge is 2.17. The van der Waals surface area contributed by atoms with Gasteiger partial charge < -0.3 is 5.11 Å². The standard InChI is InChI=1S/C40H32O/c1-2-10-28-23-31(20-22-34(28)26-41)30-13-9-14-32(25-30)39-35-15-5-7-17-37(35)40(38-18-8-6-16-36(38)39)33-21-19-27-11-3-4-12-29(27)24-33/h3-9,11-25,41H,2,10,26H2,1H3. The van der Waals surface area contributed by atoms with E-state index in [4.69, 9.17) is 0 Å². The minimum absolute atomic E-state index is 0.0805. The summed E-state index contributed by atoms with van der Waals surface area (Å²) < 4.78 is 0. The zero-order valence-corrected chi connectivity index (χ0v) is 23.3. The Morgan fingerprint density at radius 2 is 0.976 bits per heavy atom. The number of aliphatic hydroxyl groups is 1. The second-order valence-electron chi connectivity index (χ2n) is 10.9. The van der Waals surface area contributed by atoms with E-state index in [1.807, 2.05) is 0 Å². The minimum atomic E-state index is 0.0805. The Bertz CT molecular complexity index is 1990. The first-order chi connectivity index (χ1) is 20.2. The number of aryl methyl sites for hydroxylation is 1. The summed E-state index contributed by atoms with van der Waals surface area (Å²) in [5.41, 5.74) is 9.63. The van der Waals surface area contributed by atoms with Gasteiger partial charge in [0, 0.05) is 0 Å². The van der Waals surface area contributed by atoms with Gasteiger partial charge in [-0.15, -0.1) is 0 Å². The molecule has 0 aliphatic heterocycles. The fourth-order valence-corrected chi connectivity index (χ4v) is 6.41. The van der Waals surface area contributed by atoms with Crippen LogP contribution >= 0.6 is 0 Å². The van der Waals surface area contributed by atoms with E-state index in [1.54, 1.807) is 0 Å². The molecule has 0 aliphatic carbocycles. The largest absolute Gasteiger partial charge is 0.392 e. The summed E-state index contributed by atoms with van der Waals surface area (Å²) in [4.78, 5) is 0. The maximum absolute atomic E-state index is 9.86. The van der Waals surface area contributed by atoms with Crippen molar-refractivity contribution in [2.75, 3.05) is 0 Å². The summed E-state index contributed by atoms with van der Waals surface area (Å²) in [7, 11) is 0. The number of benzene rings is 7. The van der Waals surface area contributed by atoms with Crippen molar-refractivity contribution in [2.45, 2.75) is 26.4 Å². The van der Waals surface area contributed by atoms with Gasteiger partial charge in [0.15, 0.2) is 0 Å². The van der Waals surface area contributed by atoms with Crippen LogP contribution in [-0.4, -0.2) is 5.11 Å². The van der Waals surface area contributed by atoms with Crippen LogP contribution in [0.1, 0.15) is 24.5 Å². The topological polar surface area (TPSA) is 20.2 Å². The first-order valence-electron chi connectivity index (χ1n) is 14.5. The second kappa shape index (κ2) is 10.7. The van der Waals surface area contributed by atoms with Crippen molar-refractivity contribution in [3.8, 4) is 33.4 Å². The molecule has 1 N–H and O–H groups in total. The Morgan fingerprint density at radius 1 is 0.439 bits per heavy atom. The predicted octanol–water partition coefficient (Wildman–Crippen LogP) is 10.6. The summed E-state index contributed by atoms with van der Waals surface area (Å²) in [5.74, 6) is 0. The molecule has 41 heavy (non-hydrogen) atoms. The molecule has 0 bridgehead atoms. The smallest absolute Gasteiger partial charge is 0.0684 e. The molecule has 0 atom stereocenters. The molecule has 0 saturated heterocycles. The Hall–Kier alpha value is -4.72. The number of rotatable bonds is 6. The van der Waals surface area contributed by atoms with Gasteiger partial charge in [-0.25, -0.2) is 0 Å². The summed E-state index contributed by atoms with van der Waals surface area (Å²) in [5, 5.41) is 17.4. The average Bonchev–Trinajstić information content (AvgIpc) is 3.03. The normalized spacial score (nSPS) is 11.5. The van der Waals surface area contributed by atoms with Gasteiger partial charge in [0.2, 0.25) is 0 Å². The van der Waals surface area contributed by atoms with E-state index in [2.05, 4.69) is 140 Å². The van der Waals surface area contributed by atoms with Crippen molar-refractivity contribution in [1.29, 1.82) is 0 Å². The van der Waals surface area contributed by atoms with Crippen LogP contribution in [0.3, 0.4) is 0 Å². The van der Waals surface area contributed by atoms with Crippen molar-refractivity contribution in [2.24, 2.45) is 0 Å². The lowest BCUT2D eigenvalue weighted by molar-refractivity contribution is 0.280. The Balaban J connectivity index is 1.47. The highest BCUT2D eigenvalue weighted by atomic mass is 16.3. The van der Waals surface area contributed by atoms with Gasteiger partial charge in [-0.05, 0) is 95.4 Å². The molecule has 0 saturated carbocycles. The summed E-state index contributed by atoms with van der Waals surface area (Å²) in [6, 6.07) is 48.5. The van der Waals surface area contributed by atoms with E-state index in [0.717, 1.165) is 18.4 Å². The van der Waals surface area contributed by atoms with Crippen molar-refractivity contribution in [3.05, 3.63) is 145 Å². The predicted molar refractivity (Wildman–Crippen MR) is 175 cm³/mol. The van der Waals surface area contributed by atoms with E-state index in [0.29, 0.717) is 0 Å². The molecule has 0 heterocycles. The van der Waals surface area contributed by atoms with Crippen LogP contribution < -0.4 is 0 Å². The number of fused-ring (bicyclic) bond motifs is 3. The maximum Gasteiger partial charge on any atom is 0.0684 e. The molecule has 1 nitrogen and oxygen atoms in total. The Labute approximate surface area is 241 Å². The van der Waals surface area contributed by atoms with Crippen molar-refractivity contribution >= 4 is 32.3 Å². The summed E-state index contributed by atoms with van der Waals surface area (Å²) in [6.07, 6.45) is 2.02. The molecule has 0 spiro atoms. The van der Waals surface area contributed by atoms with Crippen molar-refractivity contribution in [1.82, 2.24) is 0 Å². The fourth-order valence-electron chi connectivity index (χ4n) is 6.41. The molecular weight excluding hydrogens is 496 g/mol. The molecule has 0 aromatic heterocycles. The quantitative estimate of drug-likeness (QED) is 0.213. The highest BCUT2D eigenvalue weighted by molar-refractivity contribution is 6.21. The molecule has 7 rings (SSSR count). The SMILES string of the molecule is CCCc1cc(-c2cccc(-c3c4ccccc4c(-c4ccc5ccccc5c4)c4ccccc34)c2)ccc1CO. The lowest BCUT2D eigenvalue weighted by atomic mass is 9.85. The monoisotopic (exact) mass is 528 g/mol. The lowest BCUT2D eigenvalue weighted by Crippen LogP contribution is -1.95. The van der Waals surface area contributed by atoms with Crippen LogP contribution in [0.5, 0.6) is 0 Å². The van der Waals surface area contributed by atoms with Crippen LogP contribution in [-0.2, 0) is 13.0 Å². The molecule has 7 aromatic carbocycles. The van der Waals surface area contributed by atoms with E-state index >= 15 is 0 Å². The average molecular weight is 529 g/mol. The number of hydrogen-bond acceptors (Lipinski definition) is 1. The van der Waals surface area contributed by atoms with Crippen LogP contribution in [0.4, 0.5) is 0 Å². The van der Waals surface area contributed by atoms with Crippen LogP contribution in [0.15, 0.2) is 133 Å². The molecule has 0 unspecified atom stereocenters. The van der Waals surface area contributed by atoms with Crippen LogP contribution in [0.25, 0.3) is 65.7 Å². The van der Waals surface area contributed by atoms with Crippen LogP contribution in [0.2, 0.25) is 0 Å². The molecule has 0 fully saturated rings. The zero-order chi connectivity index (χ0) is 27.8. The van der Waals surface area contributed by atoms with Gasteiger partial charge in [0.1, 0.15) is 0 Å². The Morgan fingerprint density at radius 3 is 1.61 bits per heavy atom. The first kappa shape index (κ1) is 25.3. The molecular formula is C40H32O. The van der Waals surface area contributed by atoms with E-state index in [1.165, 1.54) is 71.3 Å². The van der Waals surface area contributed by atoms with E-state index < -0.39 is 0 Å². The second-order valence-corrected chi connectivity index (χ2v) is 10.9. The third-order valence-electron chi connectivity index (χ3n) is 8.35. The van der Waals surface area contributed by atoms with Gasteiger partial charge >= 0.3 is 0 Å². The van der Waals surface area contributed by atoms with Gasteiger partial charge in [-0.3, -0.25) is 0 Å². The number of aliphatic hydroxyl groups excluding tert-OH is 1. The van der Waals surface area contributed by atoms with Gasteiger partial charge in [-0.2, -0.15) is 0 Å².